The van der Waals surface area contributed by atoms with Crippen molar-refractivity contribution in [3.05, 3.63) is 54.6 Å². The molecule has 25 heavy (non-hydrogen) atoms. The third-order valence-electron chi connectivity index (χ3n) is 3.20. The molecule has 2 rings (SSSR count). The first-order valence-corrected chi connectivity index (χ1v) is 7.24. The summed E-state index contributed by atoms with van der Waals surface area (Å²) in [6, 6.07) is 14.5. The lowest BCUT2D eigenvalue weighted by Crippen LogP contribution is -3.00. The molecule has 2 aromatic carbocycles. The summed E-state index contributed by atoms with van der Waals surface area (Å²) < 4.78 is 11.0. The lowest BCUT2D eigenvalue weighted by Gasteiger charge is -2.16. The lowest BCUT2D eigenvalue weighted by atomic mass is 10.1. The molecule has 2 aromatic rings. The van der Waals surface area contributed by atoms with Crippen LogP contribution < -0.4 is 27.6 Å². The number of para-hydroxylation sites is 1. The molecule has 0 aromatic heterocycles. The van der Waals surface area contributed by atoms with Crippen molar-refractivity contribution in [3.8, 4) is 17.2 Å². The molecule has 0 aliphatic rings. The Hall–Kier alpha value is -2.77. The minimum Gasteiger partial charge on any atom is -1.00 e. The zero-order valence-electron chi connectivity index (χ0n) is 13.2. The molecule has 0 saturated heterocycles. The Morgan fingerprint density at radius 2 is 1.40 bits per heavy atom. The minimum atomic E-state index is -1.29. The predicted molar refractivity (Wildman–Crippen MR) is 83.9 cm³/mol. The quantitative estimate of drug-likeness (QED) is 0.517. The fourth-order valence-electron chi connectivity index (χ4n) is 1.93. The molecule has 0 unspecified atom stereocenters. The van der Waals surface area contributed by atoms with Gasteiger partial charge >= 0.3 is 11.9 Å². The van der Waals surface area contributed by atoms with Crippen LogP contribution in [-0.4, -0.2) is 34.3 Å². The van der Waals surface area contributed by atoms with Crippen LogP contribution in [0.4, 0.5) is 0 Å². The van der Waals surface area contributed by atoms with Gasteiger partial charge < -0.3 is 37.8 Å². The average Bonchev–Trinajstić information content (AvgIpc) is 2.56. The Labute approximate surface area is 150 Å². The van der Waals surface area contributed by atoms with Gasteiger partial charge in [0.25, 0.3) is 0 Å². The second kappa shape index (κ2) is 9.51. The summed E-state index contributed by atoms with van der Waals surface area (Å²) in [7, 11) is 0. The van der Waals surface area contributed by atoms with E-state index in [0.29, 0.717) is 17.2 Å². The van der Waals surface area contributed by atoms with Crippen LogP contribution >= 0.6 is 0 Å². The summed E-state index contributed by atoms with van der Waals surface area (Å²) in [5, 5.41) is 18.0. The van der Waals surface area contributed by atoms with E-state index in [9.17, 15) is 9.59 Å². The van der Waals surface area contributed by atoms with E-state index in [0.717, 1.165) is 0 Å². The van der Waals surface area contributed by atoms with Gasteiger partial charge in [0.2, 0.25) is 6.10 Å². The second-order valence-corrected chi connectivity index (χ2v) is 5.10. The summed E-state index contributed by atoms with van der Waals surface area (Å²) in [6.07, 6.45) is -1.52. The van der Waals surface area contributed by atoms with Crippen molar-refractivity contribution in [3.63, 3.8) is 0 Å². The minimum absolute atomic E-state index is 0. The molecule has 0 radical (unpaired) electrons. The van der Waals surface area contributed by atoms with E-state index >= 15 is 0 Å². The largest absolute Gasteiger partial charge is 1.00 e. The van der Waals surface area contributed by atoms with E-state index in [2.05, 4.69) is 5.73 Å². The molecule has 0 heterocycles. The molecule has 0 fully saturated rings. The van der Waals surface area contributed by atoms with Gasteiger partial charge in [0.05, 0.1) is 6.42 Å². The first-order chi connectivity index (χ1) is 11.5. The third-order valence-corrected chi connectivity index (χ3v) is 3.20. The van der Waals surface area contributed by atoms with Gasteiger partial charge in [-0.3, -0.25) is 0 Å². The summed E-state index contributed by atoms with van der Waals surface area (Å²) >= 11 is 0. The predicted octanol–water partition coefficient (Wildman–Crippen LogP) is -1.60. The van der Waals surface area contributed by atoms with Crippen LogP contribution in [0.2, 0.25) is 0 Å². The number of aliphatic carboxylic acids is 2. The highest BCUT2D eigenvalue weighted by atomic mass is 35.5. The molecule has 0 bridgehead atoms. The summed E-state index contributed by atoms with van der Waals surface area (Å²) in [5.74, 6) is -0.858. The van der Waals surface area contributed by atoms with E-state index in [4.69, 9.17) is 19.7 Å². The van der Waals surface area contributed by atoms with Gasteiger partial charge in [-0.15, -0.1) is 0 Å². The van der Waals surface area contributed by atoms with Crippen LogP contribution in [-0.2, 0) is 9.59 Å². The van der Waals surface area contributed by atoms with E-state index in [1.165, 1.54) is 0 Å². The second-order valence-electron chi connectivity index (χ2n) is 5.10. The molecular formula is C17H18ClNO6. The first-order valence-electron chi connectivity index (χ1n) is 7.24. The molecular weight excluding hydrogens is 350 g/mol. The van der Waals surface area contributed by atoms with E-state index < -0.39 is 24.1 Å². The van der Waals surface area contributed by atoms with E-state index in [1.54, 1.807) is 24.3 Å². The fourth-order valence-corrected chi connectivity index (χ4v) is 1.93. The molecule has 8 heteroatoms. The summed E-state index contributed by atoms with van der Waals surface area (Å²) in [5.41, 5.74) is 3.40. The van der Waals surface area contributed by atoms with Crippen LogP contribution in [0.5, 0.6) is 17.2 Å². The Kier molecular flexibility index (Phi) is 7.71. The van der Waals surface area contributed by atoms with Gasteiger partial charge in [-0.1, -0.05) is 18.2 Å². The topological polar surface area (TPSA) is 121 Å². The summed E-state index contributed by atoms with van der Waals surface area (Å²) in [4.78, 5) is 22.0. The normalized spacial score (nSPS) is 12.4. The maximum absolute atomic E-state index is 11.2. The number of carbonyl (C=O) groups is 2. The zero-order chi connectivity index (χ0) is 17.5. The molecule has 0 aliphatic carbocycles. The number of carboxylic acid groups (broad SMARTS) is 2. The number of quaternary nitrogens is 1. The van der Waals surface area contributed by atoms with Gasteiger partial charge in [-0.25, -0.2) is 9.59 Å². The Morgan fingerprint density at radius 1 is 0.880 bits per heavy atom. The number of hydrogen-bond donors (Lipinski definition) is 3. The van der Waals surface area contributed by atoms with Crippen molar-refractivity contribution in [2.75, 3.05) is 0 Å². The van der Waals surface area contributed by atoms with Crippen molar-refractivity contribution in [1.82, 2.24) is 0 Å². The summed E-state index contributed by atoms with van der Waals surface area (Å²) in [6.45, 7) is 0. The maximum atomic E-state index is 11.2. The Bertz CT molecular complexity index is 692. The number of carboxylic acids is 2. The fraction of sp³-hybridized carbons (Fsp3) is 0.176. The lowest BCUT2D eigenvalue weighted by molar-refractivity contribution is -0.410. The monoisotopic (exact) mass is 367 g/mol. The first kappa shape index (κ1) is 20.3. The molecule has 0 amide bonds. The van der Waals surface area contributed by atoms with Gasteiger partial charge in [0.15, 0.2) is 6.04 Å². The number of rotatable bonds is 8. The molecule has 7 nitrogen and oxygen atoms in total. The molecule has 0 saturated carbocycles. The van der Waals surface area contributed by atoms with Crippen molar-refractivity contribution >= 4 is 11.9 Å². The molecule has 5 N–H and O–H groups in total. The van der Waals surface area contributed by atoms with Crippen LogP contribution in [0.15, 0.2) is 54.6 Å². The van der Waals surface area contributed by atoms with Gasteiger partial charge in [-0.05, 0) is 36.4 Å². The highest BCUT2D eigenvalue weighted by Gasteiger charge is 2.28. The van der Waals surface area contributed by atoms with Gasteiger partial charge in [0, 0.05) is 0 Å². The van der Waals surface area contributed by atoms with E-state index in [-0.39, 0.29) is 18.8 Å². The highest BCUT2D eigenvalue weighted by Crippen LogP contribution is 2.24. The Balaban J connectivity index is 0.00000312. The number of ether oxygens (including phenoxy) is 2. The standard InChI is InChI=1S/C17H17NO6.ClH/c18-14(16(19)20)10-15(17(21)22)24-13-8-6-12(7-9-13)23-11-4-2-1-3-5-11;/h1-9,14-15H,10,18H2,(H,19,20)(H,21,22);1H/t14-,15+;/m1./s1. The van der Waals surface area contributed by atoms with Crippen molar-refractivity contribution in [1.29, 1.82) is 0 Å². The number of benzene rings is 2. The van der Waals surface area contributed by atoms with Crippen molar-refractivity contribution in [2.45, 2.75) is 18.6 Å². The van der Waals surface area contributed by atoms with Gasteiger partial charge in [0.1, 0.15) is 17.2 Å². The molecule has 2 atom stereocenters. The smallest absolute Gasteiger partial charge is 0.362 e. The van der Waals surface area contributed by atoms with Crippen LogP contribution in [0.25, 0.3) is 0 Å². The zero-order valence-corrected chi connectivity index (χ0v) is 13.9. The van der Waals surface area contributed by atoms with Crippen LogP contribution in [0.3, 0.4) is 0 Å². The Morgan fingerprint density at radius 3 is 1.92 bits per heavy atom. The van der Waals surface area contributed by atoms with Crippen LogP contribution in [0, 0.1) is 0 Å². The van der Waals surface area contributed by atoms with Crippen LogP contribution in [0.1, 0.15) is 6.42 Å². The van der Waals surface area contributed by atoms with Crippen molar-refractivity contribution in [2.24, 2.45) is 0 Å². The van der Waals surface area contributed by atoms with Crippen molar-refractivity contribution < 1.29 is 47.4 Å². The third kappa shape index (κ3) is 6.33. The highest BCUT2D eigenvalue weighted by molar-refractivity contribution is 5.76. The van der Waals surface area contributed by atoms with E-state index in [1.807, 2.05) is 30.3 Å². The number of halogens is 1. The molecule has 0 aliphatic heterocycles. The number of hydrogen-bond acceptors (Lipinski definition) is 4. The molecule has 0 spiro atoms. The average molecular weight is 368 g/mol. The SMILES string of the molecule is [Cl-].[NH3+][C@H](C[C@H](Oc1ccc(Oc2ccccc2)cc1)C(=O)O)C(=O)O. The maximum Gasteiger partial charge on any atom is 0.362 e. The molecule has 134 valence electrons. The van der Waals surface area contributed by atoms with Gasteiger partial charge in [-0.2, -0.15) is 0 Å².